The zero-order valence-electron chi connectivity index (χ0n) is 32.4. The third-order valence-electron chi connectivity index (χ3n) is 13.2. The second-order valence-electron chi connectivity index (χ2n) is 16.3. The van der Waals surface area contributed by atoms with Crippen LogP contribution < -0.4 is 0 Å². The molecular weight excluding hydrogens is 747 g/mol. The van der Waals surface area contributed by atoms with Crippen molar-refractivity contribution in [3.63, 3.8) is 0 Å². The third-order valence-corrected chi connectivity index (χ3v) is 13.2. The van der Waals surface area contributed by atoms with Gasteiger partial charge < -0.3 is 13.4 Å². The van der Waals surface area contributed by atoms with Crippen LogP contribution in [-0.2, 0) is 0 Å². The molecule has 0 bridgehead atoms. The Kier molecular flexibility index (Phi) is 5.82. The van der Waals surface area contributed by atoms with Crippen LogP contribution in [-0.4, -0.2) is 23.9 Å². The first-order chi connectivity index (χ1) is 30.2. The van der Waals surface area contributed by atoms with E-state index in [1.807, 2.05) is 30.3 Å². The first-order valence-electron chi connectivity index (χ1n) is 20.7. The fourth-order valence-electron chi connectivity index (χ4n) is 10.7. The Hall–Kier alpha value is -8.35. The fraction of sp³-hybridized carbons (Fsp3) is 0. The second-order valence-corrected chi connectivity index (χ2v) is 16.3. The highest BCUT2D eigenvalue weighted by molar-refractivity contribution is 6.37. The molecule has 0 radical (unpaired) electrons. The lowest BCUT2D eigenvalue weighted by Crippen LogP contribution is -2.01. The van der Waals surface area contributed by atoms with Crippen LogP contribution in [0.3, 0.4) is 0 Å². The molecule has 6 nitrogen and oxygen atoms in total. The lowest BCUT2D eigenvalue weighted by Gasteiger charge is -2.11. The Bertz CT molecular complexity index is 4270. The summed E-state index contributed by atoms with van der Waals surface area (Å²) in [6.07, 6.45) is 0. The standard InChI is InChI=1S/C55H29N5O/c1-2-10-30(11-3-1)53-56-54(58-55(57-53)41-19-9-21-45-47(41)42-28-32-12-4-5-13-33(32)29-46(42)61-45)31-22-24-34(25-23-31)59-43-20-8-14-35-36-15-6-16-37-38-17-7-18-39-40-26-27-44(59)49(48(35)43)52(40)60(50(36)37)51(38)39/h1-29H. The van der Waals surface area contributed by atoms with E-state index in [0.717, 1.165) is 55.1 Å². The molecule has 280 valence electrons. The number of fused-ring (bicyclic) bond motifs is 7. The van der Waals surface area contributed by atoms with Crippen molar-refractivity contribution >= 4 is 103 Å². The second kappa shape index (κ2) is 11.2. The molecule has 0 aliphatic rings. The largest absolute Gasteiger partial charge is 0.456 e. The van der Waals surface area contributed by atoms with Crippen LogP contribution in [0.25, 0.3) is 143 Å². The number of hydrogen-bond donors (Lipinski definition) is 0. The first kappa shape index (κ1) is 31.6. The van der Waals surface area contributed by atoms with E-state index in [1.54, 1.807) is 0 Å². The van der Waals surface area contributed by atoms with Crippen LogP contribution >= 0.6 is 0 Å². The van der Waals surface area contributed by atoms with Gasteiger partial charge in [-0.3, -0.25) is 0 Å². The van der Waals surface area contributed by atoms with Gasteiger partial charge in [0.1, 0.15) is 11.2 Å². The Labute approximate surface area is 346 Å². The van der Waals surface area contributed by atoms with E-state index in [4.69, 9.17) is 19.4 Å². The maximum Gasteiger partial charge on any atom is 0.164 e. The summed E-state index contributed by atoms with van der Waals surface area (Å²) in [5, 5.41) is 14.7. The van der Waals surface area contributed by atoms with E-state index in [2.05, 4.69) is 155 Å². The van der Waals surface area contributed by atoms with Crippen molar-refractivity contribution in [2.75, 3.05) is 0 Å². The van der Waals surface area contributed by atoms with Gasteiger partial charge in [-0.25, -0.2) is 15.0 Å². The van der Waals surface area contributed by atoms with Crippen LogP contribution in [0.15, 0.2) is 180 Å². The summed E-state index contributed by atoms with van der Waals surface area (Å²) in [5.41, 5.74) is 11.7. The minimum Gasteiger partial charge on any atom is -0.456 e. The molecule has 9 aromatic carbocycles. The summed E-state index contributed by atoms with van der Waals surface area (Å²) in [7, 11) is 0. The predicted molar refractivity (Wildman–Crippen MR) is 250 cm³/mol. The molecule has 0 aliphatic carbocycles. The molecule has 0 unspecified atom stereocenters. The average Bonchev–Trinajstić information content (AvgIpc) is 4.04. The zero-order chi connectivity index (χ0) is 39.5. The summed E-state index contributed by atoms with van der Waals surface area (Å²) < 4.78 is 11.4. The Morgan fingerprint density at radius 1 is 0.361 bits per heavy atom. The van der Waals surface area contributed by atoms with E-state index in [0.29, 0.717) is 17.5 Å². The quantitative estimate of drug-likeness (QED) is 0.179. The van der Waals surface area contributed by atoms with Crippen molar-refractivity contribution < 1.29 is 4.42 Å². The molecule has 15 rings (SSSR count). The molecule has 61 heavy (non-hydrogen) atoms. The maximum atomic E-state index is 6.46. The topological polar surface area (TPSA) is 61.2 Å². The molecule has 0 saturated carbocycles. The predicted octanol–water partition coefficient (Wildman–Crippen LogP) is 14.2. The van der Waals surface area contributed by atoms with Gasteiger partial charge in [0.15, 0.2) is 17.5 Å². The molecule has 0 N–H and O–H groups in total. The van der Waals surface area contributed by atoms with Crippen LogP contribution in [0.2, 0.25) is 0 Å². The number of furan rings is 1. The van der Waals surface area contributed by atoms with E-state index in [9.17, 15) is 0 Å². The average molecular weight is 776 g/mol. The van der Waals surface area contributed by atoms with E-state index >= 15 is 0 Å². The van der Waals surface area contributed by atoms with Gasteiger partial charge in [0.2, 0.25) is 0 Å². The molecule has 0 aliphatic heterocycles. The van der Waals surface area contributed by atoms with Crippen molar-refractivity contribution in [3.8, 4) is 39.9 Å². The van der Waals surface area contributed by atoms with Crippen LogP contribution in [0.5, 0.6) is 0 Å². The highest BCUT2D eigenvalue weighted by atomic mass is 16.3. The van der Waals surface area contributed by atoms with Crippen LogP contribution in [0, 0.1) is 0 Å². The molecule has 6 aromatic heterocycles. The Morgan fingerprint density at radius 2 is 0.951 bits per heavy atom. The van der Waals surface area contributed by atoms with Gasteiger partial charge in [0.05, 0.1) is 27.6 Å². The fourth-order valence-corrected chi connectivity index (χ4v) is 10.7. The summed E-state index contributed by atoms with van der Waals surface area (Å²) >= 11 is 0. The van der Waals surface area contributed by atoms with Crippen molar-refractivity contribution in [3.05, 3.63) is 176 Å². The molecule has 0 spiro atoms. The molecule has 15 aromatic rings. The number of aromatic nitrogens is 5. The van der Waals surface area contributed by atoms with Gasteiger partial charge in [0.25, 0.3) is 0 Å². The van der Waals surface area contributed by atoms with Crippen molar-refractivity contribution in [1.82, 2.24) is 23.9 Å². The zero-order valence-corrected chi connectivity index (χ0v) is 32.4. The normalized spacial score (nSPS) is 12.6. The summed E-state index contributed by atoms with van der Waals surface area (Å²) in [5.74, 6) is 1.83. The molecule has 0 atom stereocenters. The van der Waals surface area contributed by atoms with E-state index < -0.39 is 0 Å². The van der Waals surface area contributed by atoms with Crippen LogP contribution in [0.4, 0.5) is 0 Å². The number of benzene rings is 9. The smallest absolute Gasteiger partial charge is 0.164 e. The van der Waals surface area contributed by atoms with Gasteiger partial charge in [-0.05, 0) is 70.8 Å². The number of para-hydroxylation sites is 2. The van der Waals surface area contributed by atoms with Gasteiger partial charge >= 0.3 is 0 Å². The maximum absolute atomic E-state index is 6.46. The van der Waals surface area contributed by atoms with Gasteiger partial charge in [-0.15, -0.1) is 0 Å². The van der Waals surface area contributed by atoms with Crippen molar-refractivity contribution in [2.24, 2.45) is 0 Å². The number of nitrogens with zero attached hydrogens (tertiary/aromatic N) is 5. The summed E-state index contributed by atoms with van der Waals surface area (Å²) in [6.45, 7) is 0. The van der Waals surface area contributed by atoms with Gasteiger partial charge in [-0.2, -0.15) is 0 Å². The molecule has 0 saturated heterocycles. The highest BCUT2D eigenvalue weighted by Gasteiger charge is 2.26. The third kappa shape index (κ3) is 4.03. The molecule has 6 heterocycles. The molecular formula is C55H29N5O. The Morgan fingerprint density at radius 3 is 1.70 bits per heavy atom. The Balaban J connectivity index is 0.946. The SMILES string of the molecule is c1ccc(-c2nc(-c3ccc(-n4c5cccc6c7cccc8c9cccc%10c%11ccc4c(c65)c%11n(c78)c9%10)cc3)nc(-c3cccc4oc5cc6ccccc6cc5c34)n2)cc1. The first-order valence-corrected chi connectivity index (χ1v) is 20.7. The van der Waals surface area contributed by atoms with Crippen molar-refractivity contribution in [2.45, 2.75) is 0 Å². The number of rotatable bonds is 4. The molecule has 0 amide bonds. The lowest BCUT2D eigenvalue weighted by atomic mass is 10.0. The summed E-state index contributed by atoms with van der Waals surface area (Å²) in [6, 6.07) is 62.7. The molecule has 0 fully saturated rings. The monoisotopic (exact) mass is 775 g/mol. The van der Waals surface area contributed by atoms with Crippen LogP contribution in [0.1, 0.15) is 0 Å². The molecule has 6 heteroatoms. The van der Waals surface area contributed by atoms with Gasteiger partial charge in [0, 0.05) is 70.9 Å². The summed E-state index contributed by atoms with van der Waals surface area (Å²) in [4.78, 5) is 15.5. The lowest BCUT2D eigenvalue weighted by molar-refractivity contribution is 0.669. The van der Waals surface area contributed by atoms with Crippen molar-refractivity contribution in [1.29, 1.82) is 0 Å². The van der Waals surface area contributed by atoms with E-state index in [-0.39, 0.29) is 0 Å². The van der Waals surface area contributed by atoms with E-state index in [1.165, 1.54) is 70.7 Å². The number of hydrogen-bond acceptors (Lipinski definition) is 4. The highest BCUT2D eigenvalue weighted by Crippen LogP contribution is 2.49. The van der Waals surface area contributed by atoms with Gasteiger partial charge in [-0.1, -0.05) is 121 Å². The minimum absolute atomic E-state index is 0.599. The minimum atomic E-state index is 0.599.